The van der Waals surface area contributed by atoms with E-state index in [2.05, 4.69) is 47.3 Å². The Labute approximate surface area is 143 Å². The molecule has 0 saturated carbocycles. The number of halogens is 3. The summed E-state index contributed by atoms with van der Waals surface area (Å²) >= 11 is 16.1. The Morgan fingerprint density at radius 1 is 1.14 bits per heavy atom. The number of hydrazine groups is 1. The highest BCUT2D eigenvalue weighted by Crippen LogP contribution is 2.31. The lowest BCUT2D eigenvalue weighted by Gasteiger charge is -2.20. The number of nitrogens with two attached hydrogens (primary N) is 1. The fraction of sp³-hybridized carbons (Fsp3) is 0.250. The van der Waals surface area contributed by atoms with Crippen molar-refractivity contribution < 1.29 is 0 Å². The lowest BCUT2D eigenvalue weighted by molar-refractivity contribution is 0.551. The summed E-state index contributed by atoms with van der Waals surface area (Å²) in [6, 6.07) is 9.71. The van der Waals surface area contributed by atoms with Crippen LogP contribution in [0.15, 0.2) is 34.8 Å². The van der Waals surface area contributed by atoms with Gasteiger partial charge < -0.3 is 0 Å². The molecule has 0 aliphatic heterocycles. The molecule has 0 heterocycles. The van der Waals surface area contributed by atoms with Gasteiger partial charge in [-0.25, -0.2) is 0 Å². The van der Waals surface area contributed by atoms with Crippen LogP contribution in [0.1, 0.15) is 28.3 Å². The number of nitrogens with one attached hydrogen (secondary N) is 1. The normalized spacial score (nSPS) is 12.5. The van der Waals surface area contributed by atoms with E-state index in [-0.39, 0.29) is 6.04 Å². The number of hydrogen-bond donors (Lipinski definition) is 2. The average Bonchev–Trinajstić information content (AvgIpc) is 2.44. The van der Waals surface area contributed by atoms with Crippen LogP contribution in [0.4, 0.5) is 0 Å². The minimum atomic E-state index is -0.0482. The van der Waals surface area contributed by atoms with E-state index in [1.54, 1.807) is 0 Å². The molecule has 0 spiro atoms. The average molecular weight is 388 g/mol. The van der Waals surface area contributed by atoms with Gasteiger partial charge in [0.15, 0.2) is 0 Å². The summed E-state index contributed by atoms with van der Waals surface area (Å²) in [5, 5.41) is 1.32. The standard InChI is InChI=1S/C16H17BrCl2N2/c1-9-6-11(7-10(2)16(9)17)15(21-20)8-12-13(18)4-3-5-14(12)19/h3-7,15,21H,8,20H2,1-2H3. The first-order chi connectivity index (χ1) is 9.93. The van der Waals surface area contributed by atoms with Gasteiger partial charge in [-0.15, -0.1) is 0 Å². The summed E-state index contributed by atoms with van der Waals surface area (Å²) in [5.41, 5.74) is 7.24. The monoisotopic (exact) mass is 386 g/mol. The molecule has 0 aliphatic rings. The van der Waals surface area contributed by atoms with Gasteiger partial charge in [0, 0.05) is 14.5 Å². The summed E-state index contributed by atoms with van der Waals surface area (Å²) in [5.74, 6) is 5.74. The highest BCUT2D eigenvalue weighted by molar-refractivity contribution is 9.10. The van der Waals surface area contributed by atoms with Crippen LogP contribution in [0.5, 0.6) is 0 Å². The van der Waals surface area contributed by atoms with Crippen molar-refractivity contribution in [2.24, 2.45) is 5.84 Å². The molecule has 0 aliphatic carbocycles. The molecule has 0 saturated heterocycles. The first-order valence-corrected chi connectivity index (χ1v) is 8.14. The van der Waals surface area contributed by atoms with Gasteiger partial charge in [-0.3, -0.25) is 11.3 Å². The van der Waals surface area contributed by atoms with Crippen LogP contribution in [0.3, 0.4) is 0 Å². The van der Waals surface area contributed by atoms with Crippen molar-refractivity contribution in [1.29, 1.82) is 0 Å². The molecule has 2 aromatic rings. The van der Waals surface area contributed by atoms with E-state index in [0.717, 1.165) is 15.6 Å². The SMILES string of the molecule is Cc1cc(C(Cc2c(Cl)cccc2Cl)NN)cc(C)c1Br. The van der Waals surface area contributed by atoms with E-state index in [0.29, 0.717) is 16.5 Å². The zero-order valence-corrected chi connectivity index (χ0v) is 15.0. The van der Waals surface area contributed by atoms with E-state index in [4.69, 9.17) is 29.0 Å². The summed E-state index contributed by atoms with van der Waals surface area (Å²) in [7, 11) is 0. The van der Waals surface area contributed by atoms with Crippen molar-refractivity contribution in [2.45, 2.75) is 26.3 Å². The van der Waals surface area contributed by atoms with Gasteiger partial charge in [-0.2, -0.15) is 0 Å². The van der Waals surface area contributed by atoms with Crippen molar-refractivity contribution in [3.05, 3.63) is 67.1 Å². The molecule has 5 heteroatoms. The summed E-state index contributed by atoms with van der Waals surface area (Å²) in [6.45, 7) is 4.13. The van der Waals surface area contributed by atoms with Crippen molar-refractivity contribution >= 4 is 39.1 Å². The molecule has 2 nitrogen and oxygen atoms in total. The fourth-order valence-electron chi connectivity index (χ4n) is 2.39. The minimum Gasteiger partial charge on any atom is -0.271 e. The molecule has 112 valence electrons. The summed E-state index contributed by atoms with van der Waals surface area (Å²) in [6.07, 6.45) is 0.634. The molecular weight excluding hydrogens is 371 g/mol. The van der Waals surface area contributed by atoms with Gasteiger partial charge in [-0.05, 0) is 54.7 Å². The van der Waals surface area contributed by atoms with Crippen LogP contribution < -0.4 is 11.3 Å². The second-order valence-corrected chi connectivity index (χ2v) is 6.70. The smallest absolute Gasteiger partial charge is 0.0501 e. The van der Waals surface area contributed by atoms with Crippen LogP contribution in [-0.2, 0) is 6.42 Å². The van der Waals surface area contributed by atoms with Crippen LogP contribution in [0.25, 0.3) is 0 Å². The van der Waals surface area contributed by atoms with Crippen LogP contribution >= 0.6 is 39.1 Å². The largest absolute Gasteiger partial charge is 0.271 e. The minimum absolute atomic E-state index is 0.0482. The Morgan fingerprint density at radius 2 is 1.67 bits per heavy atom. The maximum absolute atomic E-state index is 6.25. The predicted octanol–water partition coefficient (Wildman–Crippen LogP) is 5.12. The van der Waals surface area contributed by atoms with Crippen molar-refractivity contribution in [1.82, 2.24) is 5.43 Å². The summed E-state index contributed by atoms with van der Waals surface area (Å²) < 4.78 is 1.12. The highest BCUT2D eigenvalue weighted by Gasteiger charge is 2.16. The van der Waals surface area contributed by atoms with Gasteiger partial charge in [-0.1, -0.05) is 57.3 Å². The number of rotatable bonds is 4. The number of benzene rings is 2. The van der Waals surface area contributed by atoms with E-state index in [1.807, 2.05) is 18.2 Å². The molecule has 0 aromatic heterocycles. The third-order valence-electron chi connectivity index (χ3n) is 3.53. The zero-order chi connectivity index (χ0) is 15.6. The zero-order valence-electron chi connectivity index (χ0n) is 11.9. The molecule has 2 rings (SSSR count). The second-order valence-electron chi connectivity index (χ2n) is 5.09. The topological polar surface area (TPSA) is 38.0 Å². The van der Waals surface area contributed by atoms with E-state index in [1.165, 1.54) is 11.1 Å². The molecule has 0 amide bonds. The second kappa shape index (κ2) is 7.12. The number of aryl methyl sites for hydroxylation is 2. The third kappa shape index (κ3) is 3.79. The van der Waals surface area contributed by atoms with Crippen LogP contribution in [0, 0.1) is 13.8 Å². The van der Waals surface area contributed by atoms with Crippen molar-refractivity contribution in [2.75, 3.05) is 0 Å². The Kier molecular flexibility index (Phi) is 5.69. The first-order valence-electron chi connectivity index (χ1n) is 6.59. The molecule has 21 heavy (non-hydrogen) atoms. The Hall–Kier alpha value is -0.580. The van der Waals surface area contributed by atoms with Gasteiger partial charge in [0.2, 0.25) is 0 Å². The quantitative estimate of drug-likeness (QED) is 0.564. The van der Waals surface area contributed by atoms with Crippen LogP contribution in [-0.4, -0.2) is 0 Å². The fourth-order valence-corrected chi connectivity index (χ4v) is 3.17. The summed E-state index contributed by atoms with van der Waals surface area (Å²) in [4.78, 5) is 0. The molecular formula is C16H17BrCl2N2. The molecule has 0 fully saturated rings. The molecule has 2 aromatic carbocycles. The van der Waals surface area contributed by atoms with Crippen LogP contribution in [0.2, 0.25) is 10.0 Å². The van der Waals surface area contributed by atoms with E-state index >= 15 is 0 Å². The lowest BCUT2D eigenvalue weighted by Crippen LogP contribution is -2.30. The predicted molar refractivity (Wildman–Crippen MR) is 93.8 cm³/mol. The maximum atomic E-state index is 6.25. The van der Waals surface area contributed by atoms with Gasteiger partial charge in [0.25, 0.3) is 0 Å². The molecule has 1 unspecified atom stereocenters. The van der Waals surface area contributed by atoms with E-state index in [9.17, 15) is 0 Å². The van der Waals surface area contributed by atoms with Crippen molar-refractivity contribution in [3.8, 4) is 0 Å². The van der Waals surface area contributed by atoms with Gasteiger partial charge >= 0.3 is 0 Å². The molecule has 0 bridgehead atoms. The molecule has 1 atom stereocenters. The van der Waals surface area contributed by atoms with Crippen molar-refractivity contribution in [3.63, 3.8) is 0 Å². The first kappa shape index (κ1) is 16.8. The number of hydrogen-bond acceptors (Lipinski definition) is 2. The Balaban J connectivity index is 2.37. The molecule has 0 radical (unpaired) electrons. The third-order valence-corrected chi connectivity index (χ3v) is 5.49. The van der Waals surface area contributed by atoms with Gasteiger partial charge in [0.05, 0.1) is 6.04 Å². The van der Waals surface area contributed by atoms with E-state index < -0.39 is 0 Å². The highest BCUT2D eigenvalue weighted by atomic mass is 79.9. The molecule has 3 N–H and O–H groups in total. The maximum Gasteiger partial charge on any atom is 0.0501 e. The Bertz CT molecular complexity index is 615. The Morgan fingerprint density at radius 3 is 2.14 bits per heavy atom. The van der Waals surface area contributed by atoms with Gasteiger partial charge in [0.1, 0.15) is 0 Å². The lowest BCUT2D eigenvalue weighted by atomic mass is 9.96.